The van der Waals surface area contributed by atoms with E-state index in [1.807, 2.05) is 30.8 Å². The first-order chi connectivity index (χ1) is 13.0. The van der Waals surface area contributed by atoms with Crippen LogP contribution in [0.1, 0.15) is 47.2 Å². The van der Waals surface area contributed by atoms with E-state index in [1.165, 1.54) is 7.11 Å². The molecule has 3 atom stereocenters. The van der Waals surface area contributed by atoms with Gasteiger partial charge in [-0.25, -0.2) is 9.59 Å². The van der Waals surface area contributed by atoms with Crippen LogP contribution in [0.5, 0.6) is 0 Å². The molecule has 2 heterocycles. The van der Waals surface area contributed by atoms with Gasteiger partial charge in [-0.3, -0.25) is 4.79 Å². The summed E-state index contributed by atoms with van der Waals surface area (Å²) in [5, 5.41) is 6.39. The number of benzene rings is 1. The van der Waals surface area contributed by atoms with E-state index in [-0.39, 0.29) is 29.9 Å². The third kappa shape index (κ3) is 4.83. The number of aryl methyl sites for hydroxylation is 1. The lowest BCUT2D eigenvalue weighted by atomic mass is 9.98. The summed E-state index contributed by atoms with van der Waals surface area (Å²) in [6, 6.07) is 5.86. The molecule has 2 aliphatic heterocycles. The van der Waals surface area contributed by atoms with Gasteiger partial charge in [-0.05, 0) is 37.0 Å². The molecule has 27 heavy (non-hydrogen) atoms. The number of carbonyl (C=O) groups is 3. The number of hydrogen-bond donors (Lipinski definition) is 2. The first kappa shape index (κ1) is 19.7. The van der Waals surface area contributed by atoms with Gasteiger partial charge in [0.15, 0.2) is 0 Å². The largest absolute Gasteiger partial charge is 0.465 e. The number of methoxy groups -OCH3 is 1. The third-order valence-corrected chi connectivity index (χ3v) is 6.74. The highest BCUT2D eigenvalue weighted by atomic mass is 32.2. The molecule has 1 aromatic carbocycles. The van der Waals surface area contributed by atoms with E-state index in [0.29, 0.717) is 23.7 Å². The molecule has 2 N–H and O–H groups in total. The number of urea groups is 1. The SMILES string of the molecule is COC(=O)c1ccc(CC(=O)CCCC[C@H]2SCC3NC(=O)NC32)cc1C. The van der Waals surface area contributed by atoms with Crippen molar-refractivity contribution in [1.82, 2.24) is 10.6 Å². The Kier molecular flexibility index (Phi) is 6.42. The number of ketones is 1. The molecular weight excluding hydrogens is 364 g/mol. The Hall–Kier alpha value is -2.02. The smallest absolute Gasteiger partial charge is 0.338 e. The number of amides is 2. The number of nitrogens with one attached hydrogen (secondary N) is 2. The second kappa shape index (κ2) is 8.78. The highest BCUT2D eigenvalue weighted by molar-refractivity contribution is 8.00. The number of Topliss-reactive ketones (excluding diaryl/α,β-unsaturated/α-hetero) is 1. The van der Waals surface area contributed by atoms with Gasteiger partial charge in [0.2, 0.25) is 0 Å². The summed E-state index contributed by atoms with van der Waals surface area (Å²) in [4.78, 5) is 35.3. The van der Waals surface area contributed by atoms with Crippen molar-refractivity contribution in [2.24, 2.45) is 0 Å². The predicted molar refractivity (Wildman–Crippen MR) is 105 cm³/mol. The van der Waals surface area contributed by atoms with Gasteiger partial charge in [-0.2, -0.15) is 11.8 Å². The van der Waals surface area contributed by atoms with E-state index in [2.05, 4.69) is 10.6 Å². The molecule has 6 nitrogen and oxygen atoms in total. The van der Waals surface area contributed by atoms with E-state index in [1.54, 1.807) is 6.07 Å². The maximum Gasteiger partial charge on any atom is 0.338 e. The van der Waals surface area contributed by atoms with Gasteiger partial charge in [0.25, 0.3) is 0 Å². The van der Waals surface area contributed by atoms with Gasteiger partial charge < -0.3 is 15.4 Å². The monoisotopic (exact) mass is 390 g/mol. The fraction of sp³-hybridized carbons (Fsp3) is 0.550. The molecule has 7 heteroatoms. The van der Waals surface area contributed by atoms with Crippen molar-refractivity contribution in [2.75, 3.05) is 12.9 Å². The number of carbonyl (C=O) groups excluding carboxylic acids is 3. The van der Waals surface area contributed by atoms with Crippen LogP contribution in [0.25, 0.3) is 0 Å². The lowest BCUT2D eigenvalue weighted by Gasteiger charge is -2.16. The second-order valence-corrected chi connectivity index (χ2v) is 8.50. The number of fused-ring (bicyclic) bond motifs is 1. The van der Waals surface area contributed by atoms with E-state index in [4.69, 9.17) is 4.74 Å². The second-order valence-electron chi connectivity index (χ2n) is 7.22. The van der Waals surface area contributed by atoms with Crippen molar-refractivity contribution < 1.29 is 19.1 Å². The highest BCUT2D eigenvalue weighted by Gasteiger charge is 2.42. The molecular formula is C20H26N2O4S. The van der Waals surface area contributed by atoms with Crippen molar-refractivity contribution >= 4 is 29.5 Å². The summed E-state index contributed by atoms with van der Waals surface area (Å²) in [6.07, 6.45) is 3.84. The highest BCUT2D eigenvalue weighted by Crippen LogP contribution is 2.33. The van der Waals surface area contributed by atoms with Gasteiger partial charge in [0.05, 0.1) is 24.8 Å². The average molecular weight is 391 g/mol. The topological polar surface area (TPSA) is 84.5 Å². The minimum absolute atomic E-state index is 0.0565. The van der Waals surface area contributed by atoms with Gasteiger partial charge in [0, 0.05) is 23.8 Å². The molecule has 2 aliphatic rings. The molecule has 0 radical (unpaired) electrons. The zero-order valence-electron chi connectivity index (χ0n) is 15.7. The van der Waals surface area contributed by atoms with Crippen LogP contribution in [-0.4, -0.2) is 48.0 Å². The molecule has 2 fully saturated rings. The molecule has 2 saturated heterocycles. The zero-order chi connectivity index (χ0) is 19.4. The van der Waals surface area contributed by atoms with Crippen LogP contribution in [0.2, 0.25) is 0 Å². The van der Waals surface area contributed by atoms with Gasteiger partial charge in [0.1, 0.15) is 5.78 Å². The number of hydrogen-bond acceptors (Lipinski definition) is 5. The summed E-state index contributed by atoms with van der Waals surface area (Å²) in [6.45, 7) is 1.85. The molecule has 2 unspecified atom stereocenters. The molecule has 0 aliphatic carbocycles. The normalized spacial score (nSPS) is 23.5. The maximum atomic E-state index is 12.3. The number of unbranched alkanes of at least 4 members (excludes halogenated alkanes) is 1. The zero-order valence-corrected chi connectivity index (χ0v) is 16.6. The van der Waals surface area contributed by atoms with Crippen LogP contribution in [0.3, 0.4) is 0 Å². The number of rotatable bonds is 8. The lowest BCUT2D eigenvalue weighted by Crippen LogP contribution is -2.36. The van der Waals surface area contributed by atoms with E-state index >= 15 is 0 Å². The van der Waals surface area contributed by atoms with Crippen LogP contribution in [0, 0.1) is 6.92 Å². The van der Waals surface area contributed by atoms with Gasteiger partial charge in [-0.15, -0.1) is 0 Å². The first-order valence-electron chi connectivity index (χ1n) is 9.36. The predicted octanol–water partition coefficient (Wildman–Crippen LogP) is 2.62. The molecule has 0 aromatic heterocycles. The summed E-state index contributed by atoms with van der Waals surface area (Å²) >= 11 is 1.91. The summed E-state index contributed by atoms with van der Waals surface area (Å²) in [5.74, 6) is 0.826. The lowest BCUT2D eigenvalue weighted by molar-refractivity contribution is -0.118. The molecule has 2 amide bonds. The Morgan fingerprint density at radius 3 is 2.81 bits per heavy atom. The molecule has 0 spiro atoms. The Bertz CT molecular complexity index is 737. The van der Waals surface area contributed by atoms with Crippen molar-refractivity contribution in [3.63, 3.8) is 0 Å². The summed E-state index contributed by atoms with van der Waals surface area (Å²) in [7, 11) is 1.36. The van der Waals surface area contributed by atoms with E-state index in [9.17, 15) is 14.4 Å². The van der Waals surface area contributed by atoms with Crippen LogP contribution in [0.4, 0.5) is 4.79 Å². The molecule has 1 aromatic rings. The van der Waals surface area contributed by atoms with Crippen molar-refractivity contribution in [2.45, 2.75) is 56.4 Å². The summed E-state index contributed by atoms with van der Waals surface area (Å²) in [5.41, 5.74) is 2.29. The minimum Gasteiger partial charge on any atom is -0.465 e. The third-order valence-electron chi connectivity index (χ3n) is 5.23. The molecule has 0 bridgehead atoms. The van der Waals surface area contributed by atoms with Gasteiger partial charge >= 0.3 is 12.0 Å². The Labute approximate surface area is 163 Å². The Balaban J connectivity index is 1.39. The fourth-order valence-electron chi connectivity index (χ4n) is 3.80. The molecule has 3 rings (SSSR count). The van der Waals surface area contributed by atoms with E-state index in [0.717, 1.165) is 36.1 Å². The van der Waals surface area contributed by atoms with Crippen molar-refractivity contribution in [1.29, 1.82) is 0 Å². The Morgan fingerprint density at radius 2 is 2.07 bits per heavy atom. The molecule has 0 saturated carbocycles. The van der Waals surface area contributed by atoms with Crippen LogP contribution in [-0.2, 0) is 16.0 Å². The van der Waals surface area contributed by atoms with Crippen molar-refractivity contribution in [3.05, 3.63) is 34.9 Å². The minimum atomic E-state index is -0.356. The van der Waals surface area contributed by atoms with Crippen LogP contribution < -0.4 is 10.6 Å². The van der Waals surface area contributed by atoms with Crippen LogP contribution in [0.15, 0.2) is 18.2 Å². The van der Waals surface area contributed by atoms with E-state index < -0.39 is 0 Å². The standard InChI is InChI=1S/C20H26N2O4S/c1-12-9-13(7-8-15(12)19(24)26-2)10-14(23)5-3-4-6-17-18-16(11-27-17)21-20(25)22-18/h7-9,16-18H,3-6,10-11H2,1-2H3,(H2,21,22,25)/t16?,17-,18?/m1/s1. The molecule has 146 valence electrons. The van der Waals surface area contributed by atoms with Gasteiger partial charge in [-0.1, -0.05) is 18.6 Å². The maximum absolute atomic E-state index is 12.3. The number of ether oxygens (including phenoxy) is 1. The number of esters is 1. The quantitative estimate of drug-likeness (QED) is 0.405. The number of thioether (sulfide) groups is 1. The first-order valence-corrected chi connectivity index (χ1v) is 10.4. The fourth-order valence-corrected chi connectivity index (χ4v) is 5.35. The average Bonchev–Trinajstić information content (AvgIpc) is 3.17. The Morgan fingerprint density at radius 1 is 1.26 bits per heavy atom. The summed E-state index contributed by atoms with van der Waals surface area (Å²) < 4.78 is 4.74. The van der Waals surface area contributed by atoms with Crippen molar-refractivity contribution in [3.8, 4) is 0 Å². The van der Waals surface area contributed by atoms with Crippen LogP contribution >= 0.6 is 11.8 Å².